The summed E-state index contributed by atoms with van der Waals surface area (Å²) in [5.74, 6) is 8.17. The number of ether oxygens (including phenoxy) is 1. The first-order chi connectivity index (χ1) is 6.73. The Morgan fingerprint density at radius 2 is 2.43 bits per heavy atom. The Hall–Kier alpha value is -0.560. The highest BCUT2D eigenvalue weighted by Crippen LogP contribution is 2.29. The van der Waals surface area contributed by atoms with Crippen molar-refractivity contribution in [2.24, 2.45) is 5.84 Å². The van der Waals surface area contributed by atoms with Gasteiger partial charge in [-0.3, -0.25) is 11.3 Å². The molecule has 1 rings (SSSR count). The van der Waals surface area contributed by atoms with Crippen molar-refractivity contribution < 1.29 is 4.74 Å². The highest BCUT2D eigenvalue weighted by Gasteiger charge is 2.35. The highest BCUT2D eigenvalue weighted by atomic mass is 16.5. The normalized spacial score (nSPS) is 29.5. The summed E-state index contributed by atoms with van der Waals surface area (Å²) in [5, 5.41) is 0. The van der Waals surface area contributed by atoms with E-state index in [4.69, 9.17) is 17.0 Å². The molecule has 1 heterocycles. The molecule has 2 unspecified atom stereocenters. The fourth-order valence-corrected chi connectivity index (χ4v) is 2.02. The smallest absolute Gasteiger partial charge is 0.0820 e. The maximum Gasteiger partial charge on any atom is 0.0820 e. The predicted molar refractivity (Wildman–Crippen MR) is 57.4 cm³/mol. The molecule has 1 fully saturated rings. The molecule has 3 N–H and O–H groups in total. The zero-order valence-electron chi connectivity index (χ0n) is 8.88. The summed E-state index contributed by atoms with van der Waals surface area (Å²) in [6.07, 6.45) is 10.3. The highest BCUT2D eigenvalue weighted by molar-refractivity contribution is 4.94. The number of hydrazine groups is 1. The SMILES string of the molecule is C#CCCC(NN)C1(C)CCCCO1. The number of rotatable bonds is 4. The van der Waals surface area contributed by atoms with E-state index in [1.54, 1.807) is 0 Å². The summed E-state index contributed by atoms with van der Waals surface area (Å²) in [4.78, 5) is 0. The first-order valence-corrected chi connectivity index (χ1v) is 5.26. The van der Waals surface area contributed by atoms with Crippen LogP contribution < -0.4 is 11.3 Å². The maximum atomic E-state index is 5.80. The van der Waals surface area contributed by atoms with E-state index in [2.05, 4.69) is 18.3 Å². The van der Waals surface area contributed by atoms with E-state index in [1.807, 2.05) is 0 Å². The second-order valence-electron chi connectivity index (χ2n) is 4.08. The fraction of sp³-hybridized carbons (Fsp3) is 0.818. The summed E-state index contributed by atoms with van der Waals surface area (Å²) in [7, 11) is 0. The van der Waals surface area contributed by atoms with Crippen LogP contribution >= 0.6 is 0 Å². The molecule has 0 aromatic carbocycles. The van der Waals surface area contributed by atoms with Crippen molar-refractivity contribution in [1.82, 2.24) is 5.43 Å². The molecule has 0 aliphatic carbocycles. The molecular weight excluding hydrogens is 176 g/mol. The van der Waals surface area contributed by atoms with E-state index in [9.17, 15) is 0 Å². The Kier molecular flexibility index (Phi) is 4.40. The first kappa shape index (κ1) is 11.5. The van der Waals surface area contributed by atoms with Gasteiger partial charge in [-0.05, 0) is 32.6 Å². The Labute approximate surface area is 86.4 Å². The molecule has 0 bridgehead atoms. The molecular formula is C11H20N2O. The van der Waals surface area contributed by atoms with Crippen LogP contribution in [0.2, 0.25) is 0 Å². The second kappa shape index (κ2) is 5.35. The first-order valence-electron chi connectivity index (χ1n) is 5.26. The number of hydrogen-bond acceptors (Lipinski definition) is 3. The van der Waals surface area contributed by atoms with E-state index >= 15 is 0 Å². The summed E-state index contributed by atoms with van der Waals surface area (Å²) in [6, 6.07) is 0.166. The van der Waals surface area contributed by atoms with Gasteiger partial charge in [-0.25, -0.2) is 0 Å². The topological polar surface area (TPSA) is 47.3 Å². The van der Waals surface area contributed by atoms with Crippen molar-refractivity contribution in [2.45, 2.75) is 50.7 Å². The molecule has 3 nitrogen and oxygen atoms in total. The quantitative estimate of drug-likeness (QED) is 0.403. The Morgan fingerprint density at radius 1 is 1.64 bits per heavy atom. The van der Waals surface area contributed by atoms with Gasteiger partial charge in [0.15, 0.2) is 0 Å². The standard InChI is InChI=1S/C11H20N2O/c1-3-4-7-10(13-12)11(2)8-5-6-9-14-11/h1,10,13H,4-9,12H2,2H3. The molecule has 0 spiro atoms. The van der Waals surface area contributed by atoms with Gasteiger partial charge >= 0.3 is 0 Å². The molecule has 14 heavy (non-hydrogen) atoms. The van der Waals surface area contributed by atoms with E-state index in [-0.39, 0.29) is 11.6 Å². The molecule has 0 aromatic heterocycles. The summed E-state index contributed by atoms with van der Waals surface area (Å²) < 4.78 is 5.80. The lowest BCUT2D eigenvalue weighted by molar-refractivity contribution is -0.0898. The summed E-state index contributed by atoms with van der Waals surface area (Å²) in [6.45, 7) is 2.96. The van der Waals surface area contributed by atoms with Gasteiger partial charge in [0.1, 0.15) is 0 Å². The van der Waals surface area contributed by atoms with Crippen LogP contribution in [0.15, 0.2) is 0 Å². The number of hydrogen-bond donors (Lipinski definition) is 2. The van der Waals surface area contributed by atoms with Crippen LogP contribution in [-0.2, 0) is 4.74 Å². The summed E-state index contributed by atoms with van der Waals surface area (Å²) in [5.41, 5.74) is 2.69. The van der Waals surface area contributed by atoms with E-state index in [1.165, 1.54) is 6.42 Å². The lowest BCUT2D eigenvalue weighted by atomic mass is 9.86. The molecule has 2 atom stereocenters. The molecule has 1 saturated heterocycles. The Balaban J connectivity index is 2.52. The van der Waals surface area contributed by atoms with Gasteiger partial charge in [0.2, 0.25) is 0 Å². The zero-order chi connectivity index (χ0) is 10.4. The lowest BCUT2D eigenvalue weighted by Gasteiger charge is -2.40. The van der Waals surface area contributed by atoms with Crippen LogP contribution in [0.1, 0.15) is 39.0 Å². The largest absolute Gasteiger partial charge is 0.374 e. The van der Waals surface area contributed by atoms with Crippen molar-refractivity contribution in [3.63, 3.8) is 0 Å². The van der Waals surface area contributed by atoms with Crippen molar-refractivity contribution >= 4 is 0 Å². The van der Waals surface area contributed by atoms with Crippen LogP contribution in [0.3, 0.4) is 0 Å². The number of nitrogens with one attached hydrogen (secondary N) is 1. The van der Waals surface area contributed by atoms with E-state index < -0.39 is 0 Å². The minimum absolute atomic E-state index is 0.135. The lowest BCUT2D eigenvalue weighted by Crippen LogP contribution is -2.54. The third kappa shape index (κ3) is 2.71. The van der Waals surface area contributed by atoms with Crippen LogP contribution in [-0.4, -0.2) is 18.2 Å². The van der Waals surface area contributed by atoms with Crippen LogP contribution in [0, 0.1) is 12.3 Å². The zero-order valence-corrected chi connectivity index (χ0v) is 8.88. The predicted octanol–water partition coefficient (Wildman–Crippen LogP) is 1.19. The molecule has 1 aliphatic heterocycles. The van der Waals surface area contributed by atoms with Crippen molar-refractivity contribution in [2.75, 3.05) is 6.61 Å². The van der Waals surface area contributed by atoms with Crippen molar-refractivity contribution in [1.29, 1.82) is 0 Å². The van der Waals surface area contributed by atoms with E-state index in [0.29, 0.717) is 0 Å². The fourth-order valence-electron chi connectivity index (χ4n) is 2.02. The van der Waals surface area contributed by atoms with Gasteiger partial charge in [0.25, 0.3) is 0 Å². The van der Waals surface area contributed by atoms with E-state index in [0.717, 1.165) is 32.3 Å². The number of terminal acetylenes is 1. The van der Waals surface area contributed by atoms with Crippen molar-refractivity contribution in [3.8, 4) is 12.3 Å². The monoisotopic (exact) mass is 196 g/mol. The van der Waals surface area contributed by atoms with Gasteiger partial charge in [0, 0.05) is 13.0 Å². The van der Waals surface area contributed by atoms with Gasteiger partial charge in [-0.1, -0.05) is 0 Å². The minimum Gasteiger partial charge on any atom is -0.374 e. The third-order valence-corrected chi connectivity index (χ3v) is 3.01. The molecule has 3 heteroatoms. The van der Waals surface area contributed by atoms with Gasteiger partial charge in [-0.2, -0.15) is 0 Å². The van der Waals surface area contributed by atoms with Crippen LogP contribution in [0.5, 0.6) is 0 Å². The Bertz CT molecular complexity index is 204. The average molecular weight is 196 g/mol. The van der Waals surface area contributed by atoms with Gasteiger partial charge in [0.05, 0.1) is 11.6 Å². The maximum absolute atomic E-state index is 5.80. The molecule has 0 radical (unpaired) electrons. The molecule has 0 amide bonds. The molecule has 0 saturated carbocycles. The molecule has 80 valence electrons. The Morgan fingerprint density at radius 3 is 2.93 bits per heavy atom. The third-order valence-electron chi connectivity index (χ3n) is 3.01. The summed E-state index contributed by atoms with van der Waals surface area (Å²) >= 11 is 0. The van der Waals surface area contributed by atoms with Gasteiger partial charge < -0.3 is 4.74 Å². The molecule has 0 aromatic rings. The average Bonchev–Trinajstić information content (AvgIpc) is 2.20. The van der Waals surface area contributed by atoms with Gasteiger partial charge in [-0.15, -0.1) is 12.3 Å². The van der Waals surface area contributed by atoms with Crippen LogP contribution in [0.25, 0.3) is 0 Å². The van der Waals surface area contributed by atoms with Crippen molar-refractivity contribution in [3.05, 3.63) is 0 Å². The number of nitrogens with two attached hydrogens (primary N) is 1. The molecule has 1 aliphatic rings. The second-order valence-corrected chi connectivity index (χ2v) is 4.08. The minimum atomic E-state index is -0.135. The van der Waals surface area contributed by atoms with Crippen LogP contribution in [0.4, 0.5) is 0 Å².